The predicted molar refractivity (Wildman–Crippen MR) is 75.8 cm³/mol. The van der Waals surface area contributed by atoms with Crippen LogP contribution >= 0.6 is 0 Å². The van der Waals surface area contributed by atoms with Gasteiger partial charge >= 0.3 is 0 Å². The van der Waals surface area contributed by atoms with E-state index in [1.54, 1.807) is 6.20 Å². The van der Waals surface area contributed by atoms with Crippen LogP contribution in [-0.4, -0.2) is 9.97 Å². The zero-order valence-electron chi connectivity index (χ0n) is 11.2. The van der Waals surface area contributed by atoms with Crippen LogP contribution in [0.3, 0.4) is 0 Å². The smallest absolute Gasteiger partial charge is 0.125 e. The van der Waals surface area contributed by atoms with Gasteiger partial charge < -0.3 is 5.73 Å². The normalized spacial score (nSPS) is 16.9. The molecule has 0 aliphatic heterocycles. The molecule has 2 N–H and O–H groups in total. The molecule has 1 fully saturated rings. The van der Waals surface area contributed by atoms with Crippen molar-refractivity contribution in [2.45, 2.75) is 38.1 Å². The molecule has 0 bridgehead atoms. The first-order valence-corrected chi connectivity index (χ1v) is 6.89. The lowest BCUT2D eigenvalue weighted by atomic mass is 9.79. The first-order valence-electron chi connectivity index (χ1n) is 6.89. The molecule has 1 saturated carbocycles. The summed E-state index contributed by atoms with van der Waals surface area (Å²) in [5.41, 5.74) is 9.77. The molecule has 3 rings (SSSR count). The standard InChI is InChI=1S/C16H19N3/c1-11-18-9-8-15(19-11)16(17)14-7-3-6-13(10-14)12-4-2-5-12/h3,6-10,12,16H,2,4-5,17H2,1H3. The Balaban J connectivity index is 1.88. The van der Waals surface area contributed by atoms with E-state index in [1.807, 2.05) is 13.0 Å². The van der Waals surface area contributed by atoms with Crippen molar-refractivity contribution < 1.29 is 0 Å². The molecule has 1 atom stereocenters. The summed E-state index contributed by atoms with van der Waals surface area (Å²) in [6.45, 7) is 1.89. The van der Waals surface area contributed by atoms with E-state index < -0.39 is 0 Å². The number of rotatable bonds is 3. The van der Waals surface area contributed by atoms with Crippen LogP contribution < -0.4 is 5.73 Å². The van der Waals surface area contributed by atoms with Crippen LogP contribution in [0.25, 0.3) is 0 Å². The fourth-order valence-corrected chi connectivity index (χ4v) is 2.57. The zero-order chi connectivity index (χ0) is 13.2. The average Bonchev–Trinajstić information content (AvgIpc) is 2.36. The second kappa shape index (κ2) is 5.10. The molecule has 0 saturated heterocycles. The van der Waals surface area contributed by atoms with Gasteiger partial charge in [-0.15, -0.1) is 0 Å². The minimum absolute atomic E-state index is 0.165. The Kier molecular flexibility index (Phi) is 3.30. The van der Waals surface area contributed by atoms with E-state index in [9.17, 15) is 0 Å². The van der Waals surface area contributed by atoms with Crippen LogP contribution in [0.4, 0.5) is 0 Å². The van der Waals surface area contributed by atoms with Gasteiger partial charge in [-0.3, -0.25) is 0 Å². The van der Waals surface area contributed by atoms with E-state index in [-0.39, 0.29) is 6.04 Å². The van der Waals surface area contributed by atoms with Crippen molar-refractivity contribution >= 4 is 0 Å². The zero-order valence-corrected chi connectivity index (χ0v) is 11.2. The highest BCUT2D eigenvalue weighted by atomic mass is 14.9. The van der Waals surface area contributed by atoms with Gasteiger partial charge in [0, 0.05) is 6.20 Å². The molecule has 1 unspecified atom stereocenters. The Labute approximate surface area is 113 Å². The highest BCUT2D eigenvalue weighted by Crippen LogP contribution is 2.37. The van der Waals surface area contributed by atoms with Crippen molar-refractivity contribution in [2.24, 2.45) is 5.73 Å². The van der Waals surface area contributed by atoms with Crippen molar-refractivity contribution in [3.63, 3.8) is 0 Å². The minimum atomic E-state index is -0.165. The monoisotopic (exact) mass is 253 g/mol. The minimum Gasteiger partial charge on any atom is -0.319 e. The quantitative estimate of drug-likeness (QED) is 0.914. The van der Waals surface area contributed by atoms with E-state index in [1.165, 1.54) is 24.8 Å². The Bertz CT molecular complexity index is 576. The number of nitrogens with two attached hydrogens (primary N) is 1. The molecular weight excluding hydrogens is 234 g/mol. The summed E-state index contributed by atoms with van der Waals surface area (Å²) < 4.78 is 0. The van der Waals surface area contributed by atoms with Crippen molar-refractivity contribution in [3.05, 3.63) is 59.2 Å². The summed E-state index contributed by atoms with van der Waals surface area (Å²) in [6.07, 6.45) is 5.75. The molecule has 0 spiro atoms. The number of aromatic nitrogens is 2. The SMILES string of the molecule is Cc1nccc(C(N)c2cccc(C3CCC3)c2)n1. The van der Waals surface area contributed by atoms with Crippen LogP contribution in [0.5, 0.6) is 0 Å². The third-order valence-electron chi connectivity index (χ3n) is 3.96. The van der Waals surface area contributed by atoms with Gasteiger partial charge in [0.2, 0.25) is 0 Å². The number of benzene rings is 1. The van der Waals surface area contributed by atoms with Crippen molar-refractivity contribution in [2.75, 3.05) is 0 Å². The molecule has 1 aliphatic carbocycles. The van der Waals surface area contributed by atoms with Gasteiger partial charge in [-0.2, -0.15) is 0 Å². The Morgan fingerprint density at radius 3 is 2.79 bits per heavy atom. The van der Waals surface area contributed by atoms with Crippen molar-refractivity contribution in [3.8, 4) is 0 Å². The molecule has 3 nitrogen and oxygen atoms in total. The summed E-state index contributed by atoms with van der Waals surface area (Å²) in [5, 5.41) is 0. The van der Waals surface area contributed by atoms with Crippen LogP contribution in [0.2, 0.25) is 0 Å². The van der Waals surface area contributed by atoms with Gasteiger partial charge in [-0.1, -0.05) is 30.7 Å². The fraction of sp³-hybridized carbons (Fsp3) is 0.375. The van der Waals surface area contributed by atoms with E-state index in [2.05, 4.69) is 34.2 Å². The first-order chi connectivity index (χ1) is 9.24. The van der Waals surface area contributed by atoms with Crippen LogP contribution in [0, 0.1) is 6.92 Å². The number of hydrogen-bond donors (Lipinski definition) is 1. The molecule has 2 aromatic rings. The van der Waals surface area contributed by atoms with Crippen LogP contribution in [0.1, 0.15) is 53.9 Å². The lowest BCUT2D eigenvalue weighted by molar-refractivity contribution is 0.419. The summed E-state index contributed by atoms with van der Waals surface area (Å²) in [7, 11) is 0. The topological polar surface area (TPSA) is 51.8 Å². The Hall–Kier alpha value is -1.74. The molecule has 0 radical (unpaired) electrons. The average molecular weight is 253 g/mol. The van der Waals surface area contributed by atoms with E-state index in [0.29, 0.717) is 0 Å². The number of hydrogen-bond acceptors (Lipinski definition) is 3. The summed E-state index contributed by atoms with van der Waals surface area (Å²) in [5.74, 6) is 1.50. The molecule has 1 aliphatic rings. The highest BCUT2D eigenvalue weighted by molar-refractivity contribution is 5.33. The molecule has 98 valence electrons. The first kappa shape index (κ1) is 12.3. The fourth-order valence-electron chi connectivity index (χ4n) is 2.57. The van der Waals surface area contributed by atoms with Gasteiger partial charge in [0.15, 0.2) is 0 Å². The maximum absolute atomic E-state index is 6.32. The summed E-state index contributed by atoms with van der Waals surface area (Å²) in [4.78, 5) is 8.54. The summed E-state index contributed by atoms with van der Waals surface area (Å²) in [6, 6.07) is 10.4. The highest BCUT2D eigenvalue weighted by Gasteiger charge is 2.20. The molecule has 1 aromatic carbocycles. The number of nitrogens with zero attached hydrogens (tertiary/aromatic N) is 2. The largest absolute Gasteiger partial charge is 0.319 e. The van der Waals surface area contributed by atoms with E-state index in [0.717, 1.165) is 23.0 Å². The van der Waals surface area contributed by atoms with Gasteiger partial charge in [-0.25, -0.2) is 9.97 Å². The maximum atomic E-state index is 6.32. The van der Waals surface area contributed by atoms with Gasteiger partial charge in [0.1, 0.15) is 5.82 Å². The third kappa shape index (κ3) is 2.51. The van der Waals surface area contributed by atoms with Gasteiger partial charge in [0.25, 0.3) is 0 Å². The lowest BCUT2D eigenvalue weighted by Gasteiger charge is -2.26. The molecule has 19 heavy (non-hydrogen) atoms. The van der Waals surface area contributed by atoms with Crippen molar-refractivity contribution in [1.29, 1.82) is 0 Å². The molecule has 0 amide bonds. The van der Waals surface area contributed by atoms with Crippen LogP contribution in [-0.2, 0) is 0 Å². The molecule has 3 heteroatoms. The molecular formula is C16H19N3. The molecule has 1 aromatic heterocycles. The van der Waals surface area contributed by atoms with Crippen LogP contribution in [0.15, 0.2) is 36.5 Å². The van der Waals surface area contributed by atoms with E-state index >= 15 is 0 Å². The second-order valence-corrected chi connectivity index (χ2v) is 5.30. The summed E-state index contributed by atoms with van der Waals surface area (Å²) >= 11 is 0. The van der Waals surface area contributed by atoms with Gasteiger partial charge in [-0.05, 0) is 42.9 Å². The van der Waals surface area contributed by atoms with Gasteiger partial charge in [0.05, 0.1) is 11.7 Å². The second-order valence-electron chi connectivity index (χ2n) is 5.30. The van der Waals surface area contributed by atoms with E-state index in [4.69, 9.17) is 5.73 Å². The lowest BCUT2D eigenvalue weighted by Crippen LogP contribution is -2.15. The molecule has 1 heterocycles. The number of aryl methyl sites for hydroxylation is 1. The Morgan fingerprint density at radius 1 is 1.26 bits per heavy atom. The maximum Gasteiger partial charge on any atom is 0.125 e. The Morgan fingerprint density at radius 2 is 2.11 bits per heavy atom. The third-order valence-corrected chi connectivity index (χ3v) is 3.96. The van der Waals surface area contributed by atoms with Crippen molar-refractivity contribution in [1.82, 2.24) is 9.97 Å². The predicted octanol–water partition coefficient (Wildman–Crippen LogP) is 3.10.